The van der Waals surface area contributed by atoms with Crippen molar-refractivity contribution in [3.05, 3.63) is 53.3 Å². The summed E-state index contributed by atoms with van der Waals surface area (Å²) in [6.45, 7) is 1.87. The average molecular weight is 371 g/mol. The summed E-state index contributed by atoms with van der Waals surface area (Å²) in [5.74, 6) is 0.743. The second-order valence-corrected chi connectivity index (χ2v) is 7.26. The van der Waals surface area contributed by atoms with Crippen LogP contribution in [0.5, 0.6) is 5.75 Å². The zero-order valence-corrected chi connectivity index (χ0v) is 15.4. The van der Waals surface area contributed by atoms with Crippen LogP contribution in [0.2, 0.25) is 0 Å². The summed E-state index contributed by atoms with van der Waals surface area (Å²) in [6, 6.07) is 7.80. The molecular weight excluding hydrogens is 350 g/mol. The lowest BCUT2D eigenvalue weighted by atomic mass is 10.1. The van der Waals surface area contributed by atoms with Crippen molar-refractivity contribution in [1.82, 2.24) is 14.3 Å². The Morgan fingerprint density at radius 1 is 1.42 bits per heavy atom. The lowest BCUT2D eigenvalue weighted by Crippen LogP contribution is -2.37. The number of hydrogen-bond donors (Lipinski definition) is 0. The van der Waals surface area contributed by atoms with Crippen molar-refractivity contribution in [1.29, 1.82) is 0 Å². The predicted octanol–water partition coefficient (Wildman–Crippen LogP) is 3.23. The third kappa shape index (κ3) is 3.59. The van der Waals surface area contributed by atoms with E-state index < -0.39 is 0 Å². The maximum absolute atomic E-state index is 13.1. The molecule has 3 heterocycles. The van der Waals surface area contributed by atoms with Gasteiger partial charge >= 0.3 is 0 Å². The Kier molecular flexibility index (Phi) is 4.90. The van der Waals surface area contributed by atoms with Crippen LogP contribution in [0.15, 0.2) is 42.0 Å². The first kappa shape index (κ1) is 17.1. The molecule has 1 saturated heterocycles. The Morgan fingerprint density at radius 2 is 2.27 bits per heavy atom. The van der Waals surface area contributed by atoms with Gasteiger partial charge in [0.25, 0.3) is 5.91 Å². The van der Waals surface area contributed by atoms with E-state index in [1.807, 2.05) is 45.1 Å². The van der Waals surface area contributed by atoms with E-state index in [0.29, 0.717) is 18.8 Å². The van der Waals surface area contributed by atoms with Crippen molar-refractivity contribution >= 4 is 22.2 Å². The zero-order chi connectivity index (χ0) is 17.9. The molecule has 26 heavy (non-hydrogen) atoms. The lowest BCUT2D eigenvalue weighted by Gasteiger charge is -2.25. The van der Waals surface area contributed by atoms with Crippen molar-refractivity contribution < 1.29 is 14.3 Å². The Hall–Kier alpha value is -2.38. The minimum atomic E-state index is -0.0628. The van der Waals surface area contributed by atoms with Gasteiger partial charge in [0.05, 0.1) is 13.2 Å². The summed E-state index contributed by atoms with van der Waals surface area (Å²) in [5.41, 5.74) is 1.53. The SMILES string of the molecule is COc1ccc(CN(CC2CCCO2)C(=O)c2cn3ccsc3n2)cc1. The highest BCUT2D eigenvalue weighted by Gasteiger charge is 2.25. The number of amides is 1. The first-order valence-electron chi connectivity index (χ1n) is 8.69. The van der Waals surface area contributed by atoms with Gasteiger partial charge in [0.1, 0.15) is 11.4 Å². The van der Waals surface area contributed by atoms with E-state index >= 15 is 0 Å². The maximum Gasteiger partial charge on any atom is 0.274 e. The van der Waals surface area contributed by atoms with Crippen LogP contribution in [0, 0.1) is 0 Å². The molecule has 0 radical (unpaired) electrons. The van der Waals surface area contributed by atoms with Crippen LogP contribution in [-0.4, -0.2) is 46.6 Å². The van der Waals surface area contributed by atoms with Gasteiger partial charge in [-0.2, -0.15) is 0 Å². The molecule has 0 aliphatic carbocycles. The summed E-state index contributed by atoms with van der Waals surface area (Å²) in [6.07, 6.45) is 5.85. The highest BCUT2D eigenvalue weighted by atomic mass is 32.1. The fraction of sp³-hybridized carbons (Fsp3) is 0.368. The maximum atomic E-state index is 13.1. The first-order valence-corrected chi connectivity index (χ1v) is 9.57. The van der Waals surface area contributed by atoms with E-state index in [2.05, 4.69) is 4.98 Å². The molecule has 1 unspecified atom stereocenters. The van der Waals surface area contributed by atoms with Crippen LogP contribution < -0.4 is 4.74 Å². The van der Waals surface area contributed by atoms with Crippen LogP contribution in [0.4, 0.5) is 0 Å². The molecule has 0 N–H and O–H groups in total. The molecule has 0 spiro atoms. The number of methoxy groups -OCH3 is 1. The van der Waals surface area contributed by atoms with Crippen LogP contribution >= 0.6 is 11.3 Å². The third-order valence-corrected chi connectivity index (χ3v) is 5.35. The van der Waals surface area contributed by atoms with Gasteiger partial charge in [-0.3, -0.25) is 9.20 Å². The number of aromatic nitrogens is 2. The molecule has 0 bridgehead atoms. The molecule has 1 aromatic carbocycles. The Labute approximate surface area is 156 Å². The van der Waals surface area contributed by atoms with E-state index in [4.69, 9.17) is 9.47 Å². The quantitative estimate of drug-likeness (QED) is 0.668. The summed E-state index contributed by atoms with van der Waals surface area (Å²) < 4.78 is 12.8. The van der Waals surface area contributed by atoms with Crippen molar-refractivity contribution in [2.75, 3.05) is 20.3 Å². The highest BCUT2D eigenvalue weighted by molar-refractivity contribution is 7.15. The molecule has 1 aliphatic heterocycles. The number of ether oxygens (including phenoxy) is 2. The molecule has 2 aromatic heterocycles. The minimum Gasteiger partial charge on any atom is -0.497 e. The van der Waals surface area contributed by atoms with E-state index in [0.717, 1.165) is 35.7 Å². The van der Waals surface area contributed by atoms with Crippen LogP contribution in [0.25, 0.3) is 4.96 Å². The Bertz CT molecular complexity index is 852. The molecule has 136 valence electrons. The molecule has 0 saturated carbocycles. The van der Waals surface area contributed by atoms with E-state index in [9.17, 15) is 4.79 Å². The monoisotopic (exact) mass is 371 g/mol. The topological polar surface area (TPSA) is 56.1 Å². The van der Waals surface area contributed by atoms with Crippen LogP contribution in [-0.2, 0) is 11.3 Å². The fourth-order valence-corrected chi connectivity index (χ4v) is 3.90. The van der Waals surface area contributed by atoms with Crippen molar-refractivity contribution in [2.45, 2.75) is 25.5 Å². The van der Waals surface area contributed by atoms with Gasteiger partial charge in [-0.1, -0.05) is 12.1 Å². The number of thiazole rings is 1. The second-order valence-electron chi connectivity index (χ2n) is 6.39. The van der Waals surface area contributed by atoms with E-state index in [-0.39, 0.29) is 12.0 Å². The predicted molar refractivity (Wildman–Crippen MR) is 99.8 cm³/mol. The second kappa shape index (κ2) is 7.47. The van der Waals surface area contributed by atoms with Crippen molar-refractivity contribution in [3.8, 4) is 5.75 Å². The number of carbonyl (C=O) groups is 1. The molecule has 1 aliphatic rings. The van der Waals surface area contributed by atoms with Crippen LogP contribution in [0.1, 0.15) is 28.9 Å². The number of carbonyl (C=O) groups excluding carboxylic acids is 1. The zero-order valence-electron chi connectivity index (χ0n) is 14.6. The molecule has 3 aromatic rings. The summed E-state index contributed by atoms with van der Waals surface area (Å²) in [5, 5.41) is 1.96. The van der Waals surface area contributed by atoms with Gasteiger partial charge in [0.2, 0.25) is 0 Å². The van der Waals surface area contributed by atoms with E-state index in [1.165, 1.54) is 11.3 Å². The van der Waals surface area contributed by atoms with Gasteiger partial charge in [0.15, 0.2) is 4.96 Å². The largest absolute Gasteiger partial charge is 0.497 e. The molecule has 7 heteroatoms. The first-order chi connectivity index (χ1) is 12.7. The Morgan fingerprint density at radius 3 is 2.96 bits per heavy atom. The minimum absolute atomic E-state index is 0.0628. The number of fused-ring (bicyclic) bond motifs is 1. The van der Waals surface area contributed by atoms with Gasteiger partial charge in [-0.05, 0) is 30.5 Å². The summed E-state index contributed by atoms with van der Waals surface area (Å²) in [4.78, 5) is 20.2. The van der Waals surface area contributed by atoms with Gasteiger partial charge in [0, 0.05) is 37.5 Å². The normalized spacial score (nSPS) is 16.9. The highest BCUT2D eigenvalue weighted by Crippen LogP contribution is 2.20. The summed E-state index contributed by atoms with van der Waals surface area (Å²) >= 11 is 1.52. The molecule has 1 fully saturated rings. The Balaban J connectivity index is 1.56. The van der Waals surface area contributed by atoms with E-state index in [1.54, 1.807) is 13.3 Å². The fourth-order valence-electron chi connectivity index (χ4n) is 3.20. The van der Waals surface area contributed by atoms with Gasteiger partial charge < -0.3 is 14.4 Å². The number of rotatable bonds is 6. The molecular formula is C19H21N3O3S. The average Bonchev–Trinajstić information content (AvgIpc) is 3.38. The lowest BCUT2D eigenvalue weighted by molar-refractivity contribution is 0.0503. The number of nitrogens with zero attached hydrogens (tertiary/aromatic N) is 3. The third-order valence-electron chi connectivity index (χ3n) is 4.58. The molecule has 6 nitrogen and oxygen atoms in total. The van der Waals surface area contributed by atoms with Crippen molar-refractivity contribution in [3.63, 3.8) is 0 Å². The smallest absolute Gasteiger partial charge is 0.274 e. The summed E-state index contributed by atoms with van der Waals surface area (Å²) in [7, 11) is 1.65. The number of hydrogen-bond acceptors (Lipinski definition) is 5. The number of benzene rings is 1. The molecule has 4 rings (SSSR count). The van der Waals surface area contributed by atoms with Crippen LogP contribution in [0.3, 0.4) is 0 Å². The van der Waals surface area contributed by atoms with Crippen molar-refractivity contribution in [2.24, 2.45) is 0 Å². The van der Waals surface area contributed by atoms with Gasteiger partial charge in [-0.25, -0.2) is 4.98 Å². The van der Waals surface area contributed by atoms with Gasteiger partial charge in [-0.15, -0.1) is 11.3 Å². The molecule has 1 atom stereocenters. The standard InChI is InChI=1S/C19H21N3O3S/c1-24-15-6-4-14(5-7-15)11-22(12-16-3-2-9-25-16)18(23)17-13-21-8-10-26-19(21)20-17/h4-8,10,13,16H,2-3,9,11-12H2,1H3. The molecule has 1 amide bonds. The number of imidazole rings is 1.